The highest BCUT2D eigenvalue weighted by Crippen LogP contribution is 2.26. The molecular weight excluding hydrogens is 290 g/mol. The number of amides is 1. The third kappa shape index (κ3) is 4.21. The molecule has 1 aromatic rings. The fraction of sp³-hybridized carbons (Fsp3) is 0.500. The van der Waals surface area contributed by atoms with Crippen LogP contribution in [0.4, 0.5) is 0 Å². The van der Waals surface area contributed by atoms with Gasteiger partial charge >= 0.3 is 0 Å². The molecule has 1 atom stereocenters. The summed E-state index contributed by atoms with van der Waals surface area (Å²) in [6.07, 6.45) is 2.21. The first-order chi connectivity index (χ1) is 9.97. The highest BCUT2D eigenvalue weighted by atomic mass is 35.5. The van der Waals surface area contributed by atoms with E-state index in [9.17, 15) is 9.59 Å². The number of nitrogens with zero attached hydrogens (tertiary/aromatic N) is 1. The summed E-state index contributed by atoms with van der Waals surface area (Å²) in [4.78, 5) is 25.2. The Bertz CT molecular complexity index is 544. The lowest BCUT2D eigenvalue weighted by Gasteiger charge is -2.30. The van der Waals surface area contributed by atoms with Crippen molar-refractivity contribution in [3.63, 3.8) is 0 Å². The lowest BCUT2D eigenvalue weighted by Crippen LogP contribution is -2.41. The van der Waals surface area contributed by atoms with Crippen molar-refractivity contribution in [2.75, 3.05) is 19.7 Å². The first-order valence-corrected chi connectivity index (χ1v) is 7.56. The number of likely N-dealkylation sites (tertiary alicyclic amines) is 1. The highest BCUT2D eigenvalue weighted by molar-refractivity contribution is 6.32. The first kappa shape index (κ1) is 15.8. The SMILES string of the molecule is CC(=O)c1ccc(OCC(=O)N2CCCC(C)C2)c(Cl)c1. The summed E-state index contributed by atoms with van der Waals surface area (Å²) in [7, 11) is 0. The second-order valence-electron chi connectivity index (χ2n) is 5.58. The second-order valence-corrected chi connectivity index (χ2v) is 5.98. The summed E-state index contributed by atoms with van der Waals surface area (Å²) in [5.41, 5.74) is 0.531. The summed E-state index contributed by atoms with van der Waals surface area (Å²) < 4.78 is 5.49. The fourth-order valence-electron chi connectivity index (χ4n) is 2.48. The molecule has 1 heterocycles. The number of rotatable bonds is 4. The topological polar surface area (TPSA) is 46.6 Å². The fourth-order valence-corrected chi connectivity index (χ4v) is 2.72. The van der Waals surface area contributed by atoms with E-state index in [0.717, 1.165) is 19.5 Å². The predicted molar refractivity (Wildman–Crippen MR) is 81.9 cm³/mol. The average Bonchev–Trinajstić information content (AvgIpc) is 2.45. The minimum atomic E-state index is -0.0539. The molecule has 1 aliphatic heterocycles. The lowest BCUT2D eigenvalue weighted by atomic mass is 10.0. The second kappa shape index (κ2) is 6.94. The Morgan fingerprint density at radius 3 is 2.81 bits per heavy atom. The van der Waals surface area contributed by atoms with Gasteiger partial charge in [0.15, 0.2) is 12.4 Å². The third-order valence-corrected chi connectivity index (χ3v) is 3.99. The summed E-state index contributed by atoms with van der Waals surface area (Å²) in [5.74, 6) is 0.899. The van der Waals surface area contributed by atoms with Gasteiger partial charge in [-0.25, -0.2) is 0 Å². The quantitative estimate of drug-likeness (QED) is 0.803. The molecule has 0 saturated carbocycles. The van der Waals surface area contributed by atoms with Crippen LogP contribution >= 0.6 is 11.6 Å². The highest BCUT2D eigenvalue weighted by Gasteiger charge is 2.21. The third-order valence-electron chi connectivity index (χ3n) is 3.70. The van der Waals surface area contributed by atoms with Crippen LogP contribution in [-0.4, -0.2) is 36.3 Å². The molecule has 2 rings (SSSR count). The lowest BCUT2D eigenvalue weighted by molar-refractivity contribution is -0.135. The normalized spacial score (nSPS) is 18.4. The van der Waals surface area contributed by atoms with E-state index < -0.39 is 0 Å². The van der Waals surface area contributed by atoms with E-state index >= 15 is 0 Å². The van der Waals surface area contributed by atoms with Gasteiger partial charge in [-0.3, -0.25) is 9.59 Å². The molecule has 114 valence electrons. The van der Waals surface area contributed by atoms with Crippen LogP contribution in [0, 0.1) is 5.92 Å². The molecule has 1 amide bonds. The van der Waals surface area contributed by atoms with Gasteiger partial charge in [-0.05, 0) is 43.9 Å². The van der Waals surface area contributed by atoms with Crippen LogP contribution in [0.1, 0.15) is 37.0 Å². The summed E-state index contributed by atoms with van der Waals surface area (Å²) in [6.45, 7) is 5.19. The summed E-state index contributed by atoms with van der Waals surface area (Å²) in [5, 5.41) is 0.350. The van der Waals surface area contributed by atoms with Crippen LogP contribution < -0.4 is 4.74 Å². The standard InChI is InChI=1S/C16H20ClNO3/c1-11-4-3-7-18(9-11)16(20)10-21-15-6-5-13(12(2)19)8-14(15)17/h5-6,8,11H,3-4,7,9-10H2,1-2H3. The Hall–Kier alpha value is -1.55. The van der Waals surface area contributed by atoms with Crippen LogP contribution in [-0.2, 0) is 4.79 Å². The number of halogens is 1. The van der Waals surface area contributed by atoms with Gasteiger partial charge in [-0.15, -0.1) is 0 Å². The zero-order valence-electron chi connectivity index (χ0n) is 12.4. The van der Waals surface area contributed by atoms with Crippen molar-refractivity contribution in [3.05, 3.63) is 28.8 Å². The van der Waals surface area contributed by atoms with Gasteiger partial charge in [0.2, 0.25) is 0 Å². The molecule has 1 fully saturated rings. The van der Waals surface area contributed by atoms with Crippen molar-refractivity contribution in [2.24, 2.45) is 5.92 Å². The Morgan fingerprint density at radius 2 is 2.19 bits per heavy atom. The molecule has 5 heteroatoms. The predicted octanol–water partition coefficient (Wildman–Crippen LogP) is 3.18. The monoisotopic (exact) mass is 309 g/mol. The molecule has 1 aliphatic rings. The smallest absolute Gasteiger partial charge is 0.260 e. The van der Waals surface area contributed by atoms with Crippen molar-refractivity contribution in [2.45, 2.75) is 26.7 Å². The van der Waals surface area contributed by atoms with E-state index in [1.165, 1.54) is 13.3 Å². The van der Waals surface area contributed by atoms with E-state index in [-0.39, 0.29) is 18.3 Å². The largest absolute Gasteiger partial charge is 0.482 e. The van der Waals surface area contributed by atoms with E-state index in [4.69, 9.17) is 16.3 Å². The van der Waals surface area contributed by atoms with Gasteiger partial charge in [0, 0.05) is 18.7 Å². The van der Waals surface area contributed by atoms with Crippen LogP contribution in [0.2, 0.25) is 5.02 Å². The number of ether oxygens (including phenoxy) is 1. The van der Waals surface area contributed by atoms with Gasteiger partial charge in [0.05, 0.1) is 5.02 Å². The molecule has 1 saturated heterocycles. The maximum atomic E-state index is 12.1. The Kier molecular flexibility index (Phi) is 5.23. The molecule has 1 unspecified atom stereocenters. The summed E-state index contributed by atoms with van der Waals surface area (Å²) in [6, 6.07) is 4.84. The maximum Gasteiger partial charge on any atom is 0.260 e. The van der Waals surface area contributed by atoms with E-state index in [1.54, 1.807) is 18.2 Å². The van der Waals surface area contributed by atoms with Crippen LogP contribution in [0.25, 0.3) is 0 Å². The molecule has 0 aromatic heterocycles. The van der Waals surface area contributed by atoms with Gasteiger partial charge < -0.3 is 9.64 Å². The number of benzene rings is 1. The van der Waals surface area contributed by atoms with Gasteiger partial charge in [0.25, 0.3) is 5.91 Å². The average molecular weight is 310 g/mol. The number of ketones is 1. The van der Waals surface area contributed by atoms with Crippen LogP contribution in [0.15, 0.2) is 18.2 Å². The Balaban J connectivity index is 1.93. The number of hydrogen-bond donors (Lipinski definition) is 0. The zero-order chi connectivity index (χ0) is 15.4. The van der Waals surface area contributed by atoms with E-state index in [0.29, 0.717) is 22.3 Å². The minimum Gasteiger partial charge on any atom is -0.482 e. The molecule has 0 radical (unpaired) electrons. The van der Waals surface area contributed by atoms with E-state index in [1.807, 2.05) is 4.90 Å². The van der Waals surface area contributed by atoms with Gasteiger partial charge in [-0.2, -0.15) is 0 Å². The Labute approximate surface area is 130 Å². The van der Waals surface area contributed by atoms with Gasteiger partial charge in [0.1, 0.15) is 5.75 Å². The maximum absolute atomic E-state index is 12.1. The molecule has 1 aromatic carbocycles. The van der Waals surface area contributed by atoms with Crippen molar-refractivity contribution < 1.29 is 14.3 Å². The van der Waals surface area contributed by atoms with Crippen molar-refractivity contribution in [1.29, 1.82) is 0 Å². The molecule has 0 aliphatic carbocycles. The number of carbonyl (C=O) groups excluding carboxylic acids is 2. The number of piperidine rings is 1. The number of Topliss-reactive ketones (excluding diaryl/α,β-unsaturated/α-hetero) is 1. The molecule has 0 bridgehead atoms. The van der Waals surface area contributed by atoms with Crippen LogP contribution in [0.3, 0.4) is 0 Å². The van der Waals surface area contributed by atoms with Crippen LogP contribution in [0.5, 0.6) is 5.75 Å². The molecule has 21 heavy (non-hydrogen) atoms. The van der Waals surface area contributed by atoms with Crippen molar-refractivity contribution >= 4 is 23.3 Å². The number of hydrogen-bond acceptors (Lipinski definition) is 3. The van der Waals surface area contributed by atoms with Crippen molar-refractivity contribution in [1.82, 2.24) is 4.90 Å². The van der Waals surface area contributed by atoms with Gasteiger partial charge in [-0.1, -0.05) is 18.5 Å². The zero-order valence-corrected chi connectivity index (χ0v) is 13.2. The summed E-state index contributed by atoms with van der Waals surface area (Å²) >= 11 is 6.06. The minimum absolute atomic E-state index is 0.0201. The number of carbonyl (C=O) groups is 2. The first-order valence-electron chi connectivity index (χ1n) is 7.18. The molecule has 0 N–H and O–H groups in total. The Morgan fingerprint density at radius 1 is 1.43 bits per heavy atom. The molecular formula is C16H20ClNO3. The molecule has 4 nitrogen and oxygen atoms in total. The molecule has 0 spiro atoms. The van der Waals surface area contributed by atoms with Crippen molar-refractivity contribution in [3.8, 4) is 5.75 Å². The van der Waals surface area contributed by atoms with E-state index in [2.05, 4.69) is 6.92 Å².